The van der Waals surface area contributed by atoms with Gasteiger partial charge in [-0.2, -0.15) is 0 Å². The van der Waals surface area contributed by atoms with Gasteiger partial charge in [0.05, 0.1) is 6.33 Å². The maximum Gasteiger partial charge on any atom is 0.261 e. The fourth-order valence-corrected chi connectivity index (χ4v) is 3.26. The van der Waals surface area contributed by atoms with Crippen LogP contribution < -0.4 is 5.56 Å². The standard InChI is InChI=1S/C5H2N2OS3/c8-3-2-4(7-1-6-3)10-11-5(2)9/h1H,(H,6,7,8). The van der Waals surface area contributed by atoms with Gasteiger partial charge >= 0.3 is 0 Å². The highest BCUT2D eigenvalue weighted by molar-refractivity contribution is 7.81. The van der Waals surface area contributed by atoms with Crippen LogP contribution in [0.25, 0.3) is 10.2 Å². The highest BCUT2D eigenvalue weighted by Gasteiger charge is 2.02. The molecule has 56 valence electrons. The molecule has 0 spiro atoms. The van der Waals surface area contributed by atoms with Gasteiger partial charge in [-0.1, -0.05) is 32.9 Å². The molecule has 0 aliphatic rings. The highest BCUT2D eigenvalue weighted by Crippen LogP contribution is 2.21. The monoisotopic (exact) mass is 202 g/mol. The van der Waals surface area contributed by atoms with Crippen molar-refractivity contribution in [2.75, 3.05) is 0 Å². The molecule has 0 aromatic carbocycles. The predicted molar refractivity (Wildman–Crippen MR) is 49.0 cm³/mol. The molecule has 2 heterocycles. The molecular formula is C5H2N2OS3. The normalized spacial score (nSPS) is 10.5. The second-order valence-electron chi connectivity index (χ2n) is 1.87. The van der Waals surface area contributed by atoms with Crippen molar-refractivity contribution in [1.82, 2.24) is 9.97 Å². The van der Waals surface area contributed by atoms with Crippen molar-refractivity contribution in [3.63, 3.8) is 0 Å². The van der Waals surface area contributed by atoms with Crippen molar-refractivity contribution in [1.29, 1.82) is 0 Å². The Labute approximate surface area is 73.7 Å². The van der Waals surface area contributed by atoms with Crippen LogP contribution >= 0.6 is 32.9 Å². The molecule has 0 unspecified atom stereocenters. The van der Waals surface area contributed by atoms with Crippen molar-refractivity contribution in [3.05, 3.63) is 20.5 Å². The van der Waals surface area contributed by atoms with Crippen molar-refractivity contribution < 1.29 is 0 Å². The van der Waals surface area contributed by atoms with Crippen molar-refractivity contribution >= 4 is 43.1 Å². The zero-order valence-electron chi connectivity index (χ0n) is 5.16. The summed E-state index contributed by atoms with van der Waals surface area (Å²) in [6.07, 6.45) is 1.39. The van der Waals surface area contributed by atoms with E-state index < -0.39 is 0 Å². The Balaban J connectivity index is 3.21. The Morgan fingerprint density at radius 1 is 1.55 bits per heavy atom. The molecule has 0 aliphatic carbocycles. The summed E-state index contributed by atoms with van der Waals surface area (Å²) in [7, 11) is 2.84. The first kappa shape index (κ1) is 7.08. The van der Waals surface area contributed by atoms with E-state index in [9.17, 15) is 4.79 Å². The molecule has 3 nitrogen and oxygen atoms in total. The maximum absolute atomic E-state index is 11.1. The molecule has 2 aromatic heterocycles. The minimum absolute atomic E-state index is 0.141. The van der Waals surface area contributed by atoms with Gasteiger partial charge in [-0.3, -0.25) is 4.79 Å². The average Bonchev–Trinajstić information content (AvgIpc) is 2.34. The molecule has 0 aliphatic heterocycles. The Bertz CT molecular complexity index is 494. The molecule has 6 heteroatoms. The second-order valence-corrected chi connectivity index (χ2v) is 4.66. The van der Waals surface area contributed by atoms with Crippen LogP contribution in [-0.4, -0.2) is 9.97 Å². The molecule has 0 atom stereocenters. The van der Waals surface area contributed by atoms with Crippen LogP contribution in [-0.2, 0) is 0 Å². The van der Waals surface area contributed by atoms with Crippen LogP contribution in [0.5, 0.6) is 0 Å². The molecule has 11 heavy (non-hydrogen) atoms. The number of hydrogen-bond acceptors (Lipinski definition) is 5. The van der Waals surface area contributed by atoms with Crippen LogP contribution in [0.1, 0.15) is 0 Å². The number of aromatic amines is 1. The van der Waals surface area contributed by atoms with Crippen LogP contribution in [0.3, 0.4) is 0 Å². The minimum Gasteiger partial charge on any atom is -0.312 e. The summed E-state index contributed by atoms with van der Waals surface area (Å²) in [5.41, 5.74) is -0.141. The largest absolute Gasteiger partial charge is 0.312 e. The van der Waals surface area contributed by atoms with Crippen molar-refractivity contribution in [2.45, 2.75) is 0 Å². The van der Waals surface area contributed by atoms with E-state index in [1.165, 1.54) is 27.0 Å². The van der Waals surface area contributed by atoms with Gasteiger partial charge in [0.15, 0.2) is 0 Å². The minimum atomic E-state index is -0.141. The Morgan fingerprint density at radius 2 is 2.36 bits per heavy atom. The van der Waals surface area contributed by atoms with Gasteiger partial charge in [0.25, 0.3) is 5.56 Å². The van der Waals surface area contributed by atoms with E-state index >= 15 is 0 Å². The molecule has 2 aromatic rings. The van der Waals surface area contributed by atoms with Gasteiger partial charge < -0.3 is 4.98 Å². The zero-order chi connectivity index (χ0) is 7.84. The Morgan fingerprint density at radius 3 is 3.09 bits per heavy atom. The van der Waals surface area contributed by atoms with Gasteiger partial charge in [0, 0.05) is 0 Å². The fraction of sp³-hybridized carbons (Fsp3) is 0. The number of rotatable bonds is 0. The van der Waals surface area contributed by atoms with Crippen LogP contribution in [0.2, 0.25) is 0 Å². The molecule has 0 saturated carbocycles. The molecule has 1 N–H and O–H groups in total. The fourth-order valence-electron chi connectivity index (χ4n) is 0.746. The molecule has 0 bridgehead atoms. The number of nitrogens with one attached hydrogen (secondary N) is 1. The first-order chi connectivity index (χ1) is 5.29. The van der Waals surface area contributed by atoms with Crippen LogP contribution in [0.15, 0.2) is 11.1 Å². The first-order valence-corrected chi connectivity index (χ1v) is 5.31. The van der Waals surface area contributed by atoms with E-state index in [4.69, 9.17) is 12.2 Å². The Kier molecular flexibility index (Phi) is 1.59. The third kappa shape index (κ3) is 1.03. The summed E-state index contributed by atoms with van der Waals surface area (Å²) in [5, 5.41) is 0.553. The first-order valence-electron chi connectivity index (χ1n) is 2.75. The lowest BCUT2D eigenvalue weighted by Gasteiger charge is -1.82. The molecule has 0 saturated heterocycles. The predicted octanol–water partition coefficient (Wildman–Crippen LogP) is 1.78. The van der Waals surface area contributed by atoms with Gasteiger partial charge in [0.1, 0.15) is 14.0 Å². The van der Waals surface area contributed by atoms with Gasteiger partial charge in [-0.25, -0.2) is 4.98 Å². The van der Waals surface area contributed by atoms with Gasteiger partial charge in [-0.15, -0.1) is 0 Å². The number of H-pyrrole nitrogens is 1. The summed E-state index contributed by atoms with van der Waals surface area (Å²) >= 11 is 4.94. The lowest BCUT2D eigenvalue weighted by molar-refractivity contribution is 1.18. The number of fused-ring (bicyclic) bond motifs is 1. The van der Waals surface area contributed by atoms with Crippen LogP contribution in [0.4, 0.5) is 0 Å². The number of hydrogen-bond donors (Lipinski definition) is 1. The topological polar surface area (TPSA) is 45.8 Å². The van der Waals surface area contributed by atoms with E-state index in [0.717, 1.165) is 4.83 Å². The molecule has 0 fully saturated rings. The molecule has 0 radical (unpaired) electrons. The lowest BCUT2D eigenvalue weighted by Crippen LogP contribution is -2.04. The number of nitrogens with zero attached hydrogens (tertiary/aromatic N) is 1. The summed E-state index contributed by atoms with van der Waals surface area (Å²) in [4.78, 5) is 18.3. The summed E-state index contributed by atoms with van der Waals surface area (Å²) in [5.74, 6) is 0. The van der Waals surface area contributed by atoms with E-state index in [2.05, 4.69) is 9.97 Å². The molecule has 2 rings (SSSR count). The summed E-state index contributed by atoms with van der Waals surface area (Å²) < 4.78 is 0.624. The Hall–Kier alpha value is -0.590. The average molecular weight is 202 g/mol. The smallest absolute Gasteiger partial charge is 0.261 e. The van der Waals surface area contributed by atoms with E-state index in [1.807, 2.05) is 0 Å². The van der Waals surface area contributed by atoms with Gasteiger partial charge in [0.2, 0.25) is 0 Å². The lowest BCUT2D eigenvalue weighted by atomic mass is 10.5. The summed E-state index contributed by atoms with van der Waals surface area (Å²) in [6, 6.07) is 0. The van der Waals surface area contributed by atoms with Gasteiger partial charge in [-0.05, 0) is 0 Å². The molecule has 0 amide bonds. The highest BCUT2D eigenvalue weighted by atomic mass is 32.9. The van der Waals surface area contributed by atoms with Crippen molar-refractivity contribution in [2.24, 2.45) is 0 Å². The van der Waals surface area contributed by atoms with E-state index in [-0.39, 0.29) is 5.56 Å². The van der Waals surface area contributed by atoms with Crippen molar-refractivity contribution in [3.8, 4) is 0 Å². The van der Waals surface area contributed by atoms with Crippen LogP contribution in [0, 0.1) is 3.82 Å². The number of aromatic nitrogens is 2. The zero-order valence-corrected chi connectivity index (χ0v) is 7.61. The summed E-state index contributed by atoms with van der Waals surface area (Å²) in [6.45, 7) is 0. The quantitative estimate of drug-likeness (QED) is 0.523. The molecular weight excluding hydrogens is 200 g/mol. The SMILES string of the molecule is O=c1[nH]cnc2ssc(=S)c12. The van der Waals surface area contributed by atoms with E-state index in [1.54, 1.807) is 0 Å². The third-order valence-corrected chi connectivity index (χ3v) is 4.12. The maximum atomic E-state index is 11.1. The third-order valence-electron chi connectivity index (χ3n) is 1.22. The second kappa shape index (κ2) is 2.47. The van der Waals surface area contributed by atoms with E-state index in [0.29, 0.717) is 9.21 Å².